The molecule has 21 heavy (non-hydrogen) atoms. The molecule has 1 aromatic carbocycles. The third-order valence-electron chi connectivity index (χ3n) is 3.88. The molecule has 0 radical (unpaired) electrons. The number of rotatable bonds is 7. The predicted molar refractivity (Wildman–Crippen MR) is 95.4 cm³/mol. The van der Waals surface area contributed by atoms with Gasteiger partial charge < -0.3 is 5.32 Å². The largest absolute Gasteiger partial charge is 0.314 e. The molecule has 2 aromatic rings. The maximum Gasteiger partial charge on any atom is 0.0406 e. The molecule has 0 saturated heterocycles. The van der Waals surface area contributed by atoms with E-state index in [4.69, 9.17) is 11.6 Å². The quantitative estimate of drug-likeness (QED) is 0.681. The van der Waals surface area contributed by atoms with E-state index in [9.17, 15) is 0 Å². The second-order valence-corrected chi connectivity index (χ2v) is 8.07. The van der Waals surface area contributed by atoms with Gasteiger partial charge in [0.15, 0.2) is 0 Å². The molecule has 1 atom stereocenters. The van der Waals surface area contributed by atoms with Crippen LogP contribution < -0.4 is 5.32 Å². The van der Waals surface area contributed by atoms with Crippen molar-refractivity contribution in [3.8, 4) is 0 Å². The second-order valence-electron chi connectivity index (χ2n) is 5.77. The summed E-state index contributed by atoms with van der Waals surface area (Å²) in [4.78, 5) is 1.45. The topological polar surface area (TPSA) is 12.0 Å². The molecule has 4 heteroatoms. The van der Waals surface area contributed by atoms with Crippen molar-refractivity contribution < 1.29 is 0 Å². The summed E-state index contributed by atoms with van der Waals surface area (Å²) in [6.07, 6.45) is 4.91. The highest BCUT2D eigenvalue weighted by molar-refractivity contribution is 9.10. The van der Waals surface area contributed by atoms with Gasteiger partial charge in [-0.3, -0.25) is 0 Å². The standard InChI is InChI=1S/C17H19BrClNS/c18-16-7-8-21-17(16)10-13(11-20-15-5-6-15)9-12-1-3-14(19)4-2-12/h1-4,7-8,13,15,20H,5-6,9-11H2. The first-order valence-corrected chi connectivity index (χ1v) is 9.45. The zero-order valence-electron chi connectivity index (χ0n) is 11.8. The Morgan fingerprint density at radius 2 is 1.95 bits per heavy atom. The van der Waals surface area contributed by atoms with E-state index in [1.165, 1.54) is 27.8 Å². The summed E-state index contributed by atoms with van der Waals surface area (Å²) in [5.74, 6) is 0.627. The average Bonchev–Trinajstić information content (AvgIpc) is 3.22. The first kappa shape index (κ1) is 15.5. The Morgan fingerprint density at radius 3 is 2.57 bits per heavy atom. The summed E-state index contributed by atoms with van der Waals surface area (Å²) in [5, 5.41) is 6.66. The van der Waals surface area contributed by atoms with Crippen LogP contribution in [-0.4, -0.2) is 12.6 Å². The van der Waals surface area contributed by atoms with Crippen molar-refractivity contribution in [1.82, 2.24) is 5.32 Å². The van der Waals surface area contributed by atoms with Crippen molar-refractivity contribution in [2.24, 2.45) is 5.92 Å². The molecule has 1 N–H and O–H groups in total. The lowest BCUT2D eigenvalue weighted by atomic mass is 9.95. The molecule has 1 saturated carbocycles. The van der Waals surface area contributed by atoms with Gasteiger partial charge in [-0.1, -0.05) is 23.7 Å². The molecule has 0 aliphatic heterocycles. The summed E-state index contributed by atoms with van der Waals surface area (Å²) in [5.41, 5.74) is 1.37. The minimum atomic E-state index is 0.627. The van der Waals surface area contributed by atoms with Crippen LogP contribution in [0.2, 0.25) is 5.02 Å². The van der Waals surface area contributed by atoms with Crippen molar-refractivity contribution in [1.29, 1.82) is 0 Å². The van der Waals surface area contributed by atoms with Crippen LogP contribution in [0.15, 0.2) is 40.2 Å². The summed E-state index contributed by atoms with van der Waals surface area (Å²) < 4.78 is 1.25. The van der Waals surface area contributed by atoms with Gasteiger partial charge in [0.25, 0.3) is 0 Å². The van der Waals surface area contributed by atoms with Gasteiger partial charge in [-0.05, 0) is 83.2 Å². The highest BCUT2D eigenvalue weighted by Crippen LogP contribution is 2.27. The van der Waals surface area contributed by atoms with Crippen LogP contribution in [0.25, 0.3) is 0 Å². The molecule has 1 nitrogen and oxygen atoms in total. The smallest absolute Gasteiger partial charge is 0.0406 e. The monoisotopic (exact) mass is 383 g/mol. The molecule has 0 spiro atoms. The van der Waals surface area contributed by atoms with Crippen molar-refractivity contribution in [2.75, 3.05) is 6.54 Å². The molecule has 1 aliphatic carbocycles. The van der Waals surface area contributed by atoms with Crippen molar-refractivity contribution in [3.63, 3.8) is 0 Å². The van der Waals surface area contributed by atoms with Crippen molar-refractivity contribution in [3.05, 3.63) is 55.6 Å². The van der Waals surface area contributed by atoms with Gasteiger partial charge in [-0.2, -0.15) is 0 Å². The molecule has 0 bridgehead atoms. The first-order valence-electron chi connectivity index (χ1n) is 7.40. The van der Waals surface area contributed by atoms with Crippen LogP contribution in [-0.2, 0) is 12.8 Å². The fourth-order valence-electron chi connectivity index (χ4n) is 2.52. The summed E-state index contributed by atoms with van der Waals surface area (Å²) in [6.45, 7) is 1.09. The van der Waals surface area contributed by atoms with Gasteiger partial charge in [0.1, 0.15) is 0 Å². The number of hydrogen-bond donors (Lipinski definition) is 1. The molecule has 3 rings (SSSR count). The molecule has 112 valence electrons. The molecular weight excluding hydrogens is 366 g/mol. The third-order valence-corrected chi connectivity index (χ3v) is 6.08. The lowest BCUT2D eigenvalue weighted by Gasteiger charge is -2.17. The highest BCUT2D eigenvalue weighted by Gasteiger charge is 2.22. The van der Waals surface area contributed by atoms with Gasteiger partial charge in [-0.15, -0.1) is 11.3 Å². The number of nitrogens with one attached hydrogen (secondary N) is 1. The highest BCUT2D eigenvalue weighted by atomic mass is 79.9. The van der Waals surface area contributed by atoms with Crippen LogP contribution in [0.3, 0.4) is 0 Å². The number of benzene rings is 1. The number of halogens is 2. The average molecular weight is 385 g/mol. The number of hydrogen-bond acceptors (Lipinski definition) is 2. The maximum atomic E-state index is 5.98. The van der Waals surface area contributed by atoms with Crippen LogP contribution in [0, 0.1) is 5.92 Å². The minimum absolute atomic E-state index is 0.627. The Hall–Kier alpha value is -0.350. The molecule has 1 unspecified atom stereocenters. The summed E-state index contributed by atoms with van der Waals surface area (Å²) in [7, 11) is 0. The summed E-state index contributed by atoms with van der Waals surface area (Å²) >= 11 is 11.5. The molecule has 0 amide bonds. The van der Waals surface area contributed by atoms with E-state index in [2.05, 4.69) is 44.8 Å². The lowest BCUT2D eigenvalue weighted by Crippen LogP contribution is -2.27. The molecular formula is C17H19BrClNS. The Bertz CT molecular complexity index is 577. The normalized spacial score (nSPS) is 16.1. The predicted octanol–water partition coefficient (Wildman–Crippen LogP) is 5.32. The van der Waals surface area contributed by atoms with E-state index in [0.29, 0.717) is 5.92 Å². The van der Waals surface area contributed by atoms with E-state index in [1.807, 2.05) is 23.5 Å². The second kappa shape index (κ2) is 7.28. The fraction of sp³-hybridized carbons (Fsp3) is 0.412. The van der Waals surface area contributed by atoms with Gasteiger partial charge in [0.2, 0.25) is 0 Å². The third kappa shape index (κ3) is 4.82. The Labute approximate surface area is 143 Å². The molecule has 1 fully saturated rings. The van der Waals surface area contributed by atoms with Gasteiger partial charge in [0.05, 0.1) is 0 Å². The van der Waals surface area contributed by atoms with Crippen LogP contribution in [0.5, 0.6) is 0 Å². The van der Waals surface area contributed by atoms with Crippen LogP contribution >= 0.6 is 38.9 Å². The van der Waals surface area contributed by atoms with E-state index in [-0.39, 0.29) is 0 Å². The van der Waals surface area contributed by atoms with Gasteiger partial charge in [-0.25, -0.2) is 0 Å². The van der Waals surface area contributed by atoms with Crippen molar-refractivity contribution >= 4 is 38.9 Å². The minimum Gasteiger partial charge on any atom is -0.314 e. The van der Waals surface area contributed by atoms with E-state index in [1.54, 1.807) is 0 Å². The van der Waals surface area contributed by atoms with Crippen molar-refractivity contribution in [2.45, 2.75) is 31.7 Å². The molecule has 1 heterocycles. The van der Waals surface area contributed by atoms with E-state index in [0.717, 1.165) is 30.5 Å². The molecule has 1 aromatic heterocycles. The van der Waals surface area contributed by atoms with E-state index >= 15 is 0 Å². The molecule has 1 aliphatic rings. The van der Waals surface area contributed by atoms with E-state index < -0.39 is 0 Å². The maximum absolute atomic E-state index is 5.98. The Balaban J connectivity index is 1.65. The zero-order chi connectivity index (χ0) is 14.7. The van der Waals surface area contributed by atoms with Gasteiger partial charge in [0, 0.05) is 20.4 Å². The Kier molecular flexibility index (Phi) is 5.38. The van der Waals surface area contributed by atoms with Crippen LogP contribution in [0.4, 0.5) is 0 Å². The lowest BCUT2D eigenvalue weighted by molar-refractivity contribution is 0.471. The van der Waals surface area contributed by atoms with Crippen LogP contribution in [0.1, 0.15) is 23.3 Å². The fourth-order valence-corrected chi connectivity index (χ4v) is 4.28. The Morgan fingerprint density at radius 1 is 1.19 bits per heavy atom. The zero-order valence-corrected chi connectivity index (χ0v) is 15.0. The first-order chi connectivity index (χ1) is 10.2. The van der Waals surface area contributed by atoms with Gasteiger partial charge >= 0.3 is 0 Å². The summed E-state index contributed by atoms with van der Waals surface area (Å²) in [6, 6.07) is 11.2. The SMILES string of the molecule is Clc1ccc(CC(CNC2CC2)Cc2sccc2Br)cc1. The number of thiophene rings is 1.